The second-order valence-corrected chi connectivity index (χ2v) is 4.00. The van der Waals surface area contributed by atoms with E-state index in [1.807, 2.05) is 0 Å². The van der Waals surface area contributed by atoms with E-state index in [2.05, 4.69) is 15.6 Å². The van der Waals surface area contributed by atoms with Gasteiger partial charge in [0.2, 0.25) is 5.82 Å². The summed E-state index contributed by atoms with van der Waals surface area (Å²) in [6.07, 6.45) is 1.36. The number of nitrogens with zero attached hydrogens (tertiary/aromatic N) is 3. The zero-order chi connectivity index (χ0) is 15.6. The Bertz CT molecular complexity index is 631. The molecule has 0 aliphatic carbocycles. The molecule has 1 aromatic carbocycles. The van der Waals surface area contributed by atoms with E-state index in [-0.39, 0.29) is 25.4 Å². The number of anilines is 1. The summed E-state index contributed by atoms with van der Waals surface area (Å²) in [6, 6.07) is 0. The van der Waals surface area contributed by atoms with Gasteiger partial charge in [-0.05, 0) is 0 Å². The molecule has 0 aliphatic rings. The molecule has 2 N–H and O–H groups in total. The molecule has 0 amide bonds. The standard InChI is InChI=1S/C11H9F5N4O/c12-6-7(13)9(15)11(10(16)8(6)14)17-3-5-4-20(1-2-21)19-18-5/h4,17,21H,1-3H2. The molecule has 0 atom stereocenters. The van der Waals surface area contributed by atoms with Gasteiger partial charge in [-0.2, -0.15) is 0 Å². The molecule has 1 aromatic heterocycles. The van der Waals surface area contributed by atoms with Crippen molar-refractivity contribution in [2.75, 3.05) is 11.9 Å². The van der Waals surface area contributed by atoms with Gasteiger partial charge in [0.1, 0.15) is 11.4 Å². The van der Waals surface area contributed by atoms with Crippen LogP contribution in [0.4, 0.5) is 27.6 Å². The average molecular weight is 308 g/mol. The Morgan fingerprint density at radius 2 is 1.57 bits per heavy atom. The first kappa shape index (κ1) is 15.2. The van der Waals surface area contributed by atoms with Crippen LogP contribution < -0.4 is 5.32 Å². The molecule has 114 valence electrons. The molecule has 1 heterocycles. The lowest BCUT2D eigenvalue weighted by atomic mass is 10.2. The molecule has 0 spiro atoms. The largest absolute Gasteiger partial charge is 0.394 e. The number of aliphatic hydroxyl groups is 1. The second-order valence-electron chi connectivity index (χ2n) is 4.00. The lowest BCUT2D eigenvalue weighted by Crippen LogP contribution is -2.10. The minimum Gasteiger partial charge on any atom is -0.394 e. The Hall–Kier alpha value is -2.23. The average Bonchev–Trinajstić information content (AvgIpc) is 2.91. The summed E-state index contributed by atoms with van der Waals surface area (Å²) in [4.78, 5) is 0. The van der Waals surface area contributed by atoms with Gasteiger partial charge in [-0.1, -0.05) is 5.21 Å². The van der Waals surface area contributed by atoms with Crippen LogP contribution in [-0.4, -0.2) is 26.7 Å². The predicted octanol–water partition coefficient (Wildman–Crippen LogP) is 1.58. The minimum absolute atomic E-state index is 0.162. The third-order valence-electron chi connectivity index (χ3n) is 2.57. The third kappa shape index (κ3) is 2.94. The summed E-state index contributed by atoms with van der Waals surface area (Å²) >= 11 is 0. The highest BCUT2D eigenvalue weighted by molar-refractivity contribution is 5.47. The Kier molecular flexibility index (Phi) is 4.36. The number of aromatic nitrogens is 3. The van der Waals surface area contributed by atoms with Crippen LogP contribution in [0.1, 0.15) is 5.69 Å². The van der Waals surface area contributed by atoms with Crippen molar-refractivity contribution in [1.29, 1.82) is 0 Å². The zero-order valence-electron chi connectivity index (χ0n) is 10.4. The summed E-state index contributed by atoms with van der Waals surface area (Å²) in [6.45, 7) is -0.326. The van der Waals surface area contributed by atoms with Gasteiger partial charge in [-0.25, -0.2) is 26.6 Å². The van der Waals surface area contributed by atoms with Crippen molar-refractivity contribution in [1.82, 2.24) is 15.0 Å². The number of hydrogen-bond acceptors (Lipinski definition) is 4. The zero-order valence-corrected chi connectivity index (χ0v) is 10.4. The van der Waals surface area contributed by atoms with E-state index >= 15 is 0 Å². The van der Waals surface area contributed by atoms with Crippen molar-refractivity contribution < 1.29 is 27.1 Å². The van der Waals surface area contributed by atoms with Gasteiger partial charge in [0.05, 0.1) is 25.9 Å². The van der Waals surface area contributed by atoms with Gasteiger partial charge < -0.3 is 10.4 Å². The molecule has 21 heavy (non-hydrogen) atoms. The van der Waals surface area contributed by atoms with Crippen LogP contribution in [0.3, 0.4) is 0 Å². The van der Waals surface area contributed by atoms with Crippen LogP contribution in [0.25, 0.3) is 0 Å². The molecule has 10 heteroatoms. The molecular formula is C11H9F5N4O. The third-order valence-corrected chi connectivity index (χ3v) is 2.57. The van der Waals surface area contributed by atoms with E-state index < -0.39 is 34.8 Å². The second kappa shape index (κ2) is 6.04. The van der Waals surface area contributed by atoms with E-state index in [4.69, 9.17) is 5.11 Å². The van der Waals surface area contributed by atoms with Gasteiger partial charge in [-0.3, -0.25) is 0 Å². The summed E-state index contributed by atoms with van der Waals surface area (Å²) in [5.74, 6) is -10.2. The predicted molar refractivity (Wildman–Crippen MR) is 60.7 cm³/mol. The van der Waals surface area contributed by atoms with Crippen molar-refractivity contribution in [2.24, 2.45) is 0 Å². The molecule has 0 aliphatic heterocycles. The molecule has 0 fully saturated rings. The SMILES string of the molecule is OCCn1cc(CNc2c(F)c(F)c(F)c(F)c2F)nn1. The first-order chi connectivity index (χ1) is 9.95. The Balaban J connectivity index is 2.20. The molecule has 0 saturated heterocycles. The maximum absolute atomic E-state index is 13.4. The summed E-state index contributed by atoms with van der Waals surface area (Å²) in [5, 5.41) is 17.9. The van der Waals surface area contributed by atoms with Gasteiger partial charge in [0.15, 0.2) is 23.3 Å². The van der Waals surface area contributed by atoms with E-state index in [9.17, 15) is 22.0 Å². The monoisotopic (exact) mass is 308 g/mol. The smallest absolute Gasteiger partial charge is 0.200 e. The highest BCUT2D eigenvalue weighted by atomic mass is 19.2. The fourth-order valence-electron chi connectivity index (χ4n) is 1.57. The summed E-state index contributed by atoms with van der Waals surface area (Å²) in [5.41, 5.74) is -0.935. The fraction of sp³-hybridized carbons (Fsp3) is 0.273. The van der Waals surface area contributed by atoms with Crippen molar-refractivity contribution >= 4 is 5.69 Å². The maximum Gasteiger partial charge on any atom is 0.200 e. The van der Waals surface area contributed by atoms with Crippen LogP contribution in [0.2, 0.25) is 0 Å². The van der Waals surface area contributed by atoms with E-state index in [0.29, 0.717) is 0 Å². The number of aliphatic hydroxyl groups excluding tert-OH is 1. The van der Waals surface area contributed by atoms with Crippen molar-refractivity contribution in [3.63, 3.8) is 0 Å². The van der Waals surface area contributed by atoms with Crippen LogP contribution in [-0.2, 0) is 13.1 Å². The Morgan fingerprint density at radius 3 is 2.14 bits per heavy atom. The number of rotatable bonds is 5. The number of halogens is 5. The first-order valence-corrected chi connectivity index (χ1v) is 5.70. The summed E-state index contributed by atoms with van der Waals surface area (Å²) < 4.78 is 66.8. The van der Waals surface area contributed by atoms with Crippen LogP contribution in [0, 0.1) is 29.1 Å². The lowest BCUT2D eigenvalue weighted by Gasteiger charge is -2.09. The lowest BCUT2D eigenvalue weighted by molar-refractivity contribution is 0.268. The topological polar surface area (TPSA) is 63.0 Å². The molecule has 0 radical (unpaired) electrons. The molecule has 0 bridgehead atoms. The molecule has 2 rings (SSSR count). The highest BCUT2D eigenvalue weighted by Crippen LogP contribution is 2.27. The molecular weight excluding hydrogens is 299 g/mol. The number of hydrogen-bond donors (Lipinski definition) is 2. The van der Waals surface area contributed by atoms with Gasteiger partial charge in [0.25, 0.3) is 0 Å². The van der Waals surface area contributed by atoms with E-state index in [1.165, 1.54) is 10.9 Å². The van der Waals surface area contributed by atoms with E-state index in [1.54, 1.807) is 0 Å². The van der Waals surface area contributed by atoms with Crippen molar-refractivity contribution in [2.45, 2.75) is 13.1 Å². The van der Waals surface area contributed by atoms with Crippen LogP contribution in [0.5, 0.6) is 0 Å². The Morgan fingerprint density at radius 1 is 1.00 bits per heavy atom. The molecule has 5 nitrogen and oxygen atoms in total. The molecule has 2 aromatic rings. The highest BCUT2D eigenvalue weighted by Gasteiger charge is 2.25. The van der Waals surface area contributed by atoms with Gasteiger partial charge in [-0.15, -0.1) is 5.10 Å². The number of benzene rings is 1. The normalized spacial score (nSPS) is 11.0. The Labute approximate surface area is 115 Å². The molecule has 0 unspecified atom stereocenters. The van der Waals surface area contributed by atoms with Crippen LogP contribution in [0.15, 0.2) is 6.20 Å². The molecule has 0 saturated carbocycles. The van der Waals surface area contributed by atoms with Gasteiger partial charge in [0, 0.05) is 0 Å². The van der Waals surface area contributed by atoms with Crippen molar-refractivity contribution in [3.8, 4) is 0 Å². The van der Waals surface area contributed by atoms with E-state index in [0.717, 1.165) is 0 Å². The maximum atomic E-state index is 13.4. The quantitative estimate of drug-likeness (QED) is 0.500. The fourth-order valence-corrected chi connectivity index (χ4v) is 1.57. The first-order valence-electron chi connectivity index (χ1n) is 5.70. The number of nitrogens with one attached hydrogen (secondary N) is 1. The van der Waals surface area contributed by atoms with Crippen LogP contribution >= 0.6 is 0 Å². The van der Waals surface area contributed by atoms with Gasteiger partial charge >= 0.3 is 0 Å². The minimum atomic E-state index is -2.22. The van der Waals surface area contributed by atoms with Crippen molar-refractivity contribution in [3.05, 3.63) is 41.0 Å². The summed E-state index contributed by atoms with van der Waals surface area (Å²) in [7, 11) is 0.